The maximum atomic E-state index is 12.8. The van der Waals surface area contributed by atoms with E-state index in [1.165, 1.54) is 41.0 Å². The summed E-state index contributed by atoms with van der Waals surface area (Å²) in [6, 6.07) is 16.8. The Morgan fingerprint density at radius 2 is 1.77 bits per heavy atom. The van der Waals surface area contributed by atoms with E-state index >= 15 is 0 Å². The molecule has 0 aliphatic carbocycles. The molecule has 0 saturated carbocycles. The van der Waals surface area contributed by atoms with E-state index in [0.717, 1.165) is 32.4 Å². The summed E-state index contributed by atoms with van der Waals surface area (Å²) in [6.07, 6.45) is 3.32. The molecule has 1 fully saturated rings. The van der Waals surface area contributed by atoms with Gasteiger partial charge in [-0.25, -0.2) is 12.7 Å². The highest BCUT2D eigenvalue weighted by Crippen LogP contribution is 2.19. The van der Waals surface area contributed by atoms with E-state index in [0.29, 0.717) is 11.6 Å². The summed E-state index contributed by atoms with van der Waals surface area (Å²) in [6.45, 7) is 3.89. The van der Waals surface area contributed by atoms with Gasteiger partial charge in [0, 0.05) is 19.8 Å². The molecule has 6 nitrogen and oxygen atoms in total. The minimum Gasteiger partial charge on any atom is -0.325 e. The standard InChI is InChI=1S/C23H31N3O3S/c1-18(26-14-12-20(13-15-26)16-19-8-5-4-6-9-19)23(27)24-21-10-7-11-22(17-21)30(28,29)25(2)3/h4-11,17-18,20H,12-16H2,1-3H3,(H,24,27)/p+1/t18-/m1/s1. The van der Waals surface area contributed by atoms with Crippen LogP contribution in [0, 0.1) is 5.92 Å². The molecule has 30 heavy (non-hydrogen) atoms. The van der Waals surface area contributed by atoms with Crippen LogP contribution in [0.1, 0.15) is 25.3 Å². The number of nitrogens with zero attached hydrogens (tertiary/aromatic N) is 1. The second kappa shape index (κ2) is 9.73. The molecule has 1 atom stereocenters. The molecule has 7 heteroatoms. The third-order valence-electron chi connectivity index (χ3n) is 6.00. The minimum atomic E-state index is -3.53. The van der Waals surface area contributed by atoms with Gasteiger partial charge in [0.1, 0.15) is 0 Å². The average Bonchev–Trinajstić information content (AvgIpc) is 2.74. The zero-order valence-corrected chi connectivity index (χ0v) is 18.8. The first-order chi connectivity index (χ1) is 14.3. The largest absolute Gasteiger partial charge is 0.325 e. The number of likely N-dealkylation sites (tertiary alicyclic amines) is 1. The van der Waals surface area contributed by atoms with Crippen LogP contribution in [0.2, 0.25) is 0 Å². The second-order valence-electron chi connectivity index (χ2n) is 8.32. The van der Waals surface area contributed by atoms with E-state index in [4.69, 9.17) is 0 Å². The van der Waals surface area contributed by atoms with Crippen molar-refractivity contribution in [2.24, 2.45) is 5.92 Å². The van der Waals surface area contributed by atoms with Crippen LogP contribution in [0.15, 0.2) is 59.5 Å². The number of hydrogen-bond donors (Lipinski definition) is 2. The normalized spacial score (nSPS) is 20.7. The smallest absolute Gasteiger partial charge is 0.282 e. The monoisotopic (exact) mass is 430 g/mol. The molecular formula is C23H32N3O3S+. The van der Waals surface area contributed by atoms with Crippen LogP contribution in [0.3, 0.4) is 0 Å². The van der Waals surface area contributed by atoms with Crippen molar-refractivity contribution in [2.75, 3.05) is 32.5 Å². The number of anilines is 1. The fourth-order valence-corrected chi connectivity index (χ4v) is 4.96. The Morgan fingerprint density at radius 3 is 2.40 bits per heavy atom. The maximum Gasteiger partial charge on any atom is 0.282 e. The van der Waals surface area contributed by atoms with Gasteiger partial charge in [0.25, 0.3) is 5.91 Å². The SMILES string of the molecule is C[C@H](C(=O)Nc1cccc(S(=O)(=O)N(C)C)c1)[NH+]1CCC(Cc2ccccc2)CC1. The summed E-state index contributed by atoms with van der Waals surface area (Å²) in [5.41, 5.74) is 1.89. The van der Waals surface area contributed by atoms with Crippen molar-refractivity contribution in [1.29, 1.82) is 0 Å². The zero-order valence-electron chi connectivity index (χ0n) is 18.0. The van der Waals surface area contributed by atoms with Crippen LogP contribution in [0.4, 0.5) is 5.69 Å². The minimum absolute atomic E-state index is 0.0779. The van der Waals surface area contributed by atoms with Crippen LogP contribution in [-0.4, -0.2) is 51.9 Å². The number of carbonyl (C=O) groups is 1. The van der Waals surface area contributed by atoms with Crippen LogP contribution < -0.4 is 10.2 Å². The fraction of sp³-hybridized carbons (Fsp3) is 0.435. The van der Waals surface area contributed by atoms with Crippen molar-refractivity contribution in [3.05, 3.63) is 60.2 Å². The molecule has 2 aromatic rings. The molecule has 1 amide bonds. The number of rotatable bonds is 7. The topological polar surface area (TPSA) is 70.9 Å². The summed E-state index contributed by atoms with van der Waals surface area (Å²) in [7, 11) is -0.544. The molecule has 0 radical (unpaired) electrons. The van der Waals surface area contributed by atoms with Crippen molar-refractivity contribution >= 4 is 21.6 Å². The van der Waals surface area contributed by atoms with Crippen molar-refractivity contribution in [1.82, 2.24) is 4.31 Å². The van der Waals surface area contributed by atoms with Crippen molar-refractivity contribution in [3.8, 4) is 0 Å². The van der Waals surface area contributed by atoms with Crippen LogP contribution >= 0.6 is 0 Å². The Labute approximate surface area is 179 Å². The lowest BCUT2D eigenvalue weighted by Crippen LogP contribution is -3.17. The third kappa shape index (κ3) is 5.47. The van der Waals surface area contributed by atoms with Gasteiger partial charge in [0.2, 0.25) is 10.0 Å². The quantitative estimate of drug-likeness (QED) is 0.704. The molecule has 1 heterocycles. The Morgan fingerprint density at radius 1 is 1.10 bits per heavy atom. The average molecular weight is 431 g/mol. The molecule has 1 aliphatic heterocycles. The lowest BCUT2D eigenvalue weighted by molar-refractivity contribution is -0.919. The molecule has 2 N–H and O–H groups in total. The number of hydrogen-bond acceptors (Lipinski definition) is 3. The first kappa shape index (κ1) is 22.5. The van der Waals surface area contributed by atoms with Crippen LogP contribution in [0.5, 0.6) is 0 Å². The molecule has 0 spiro atoms. The van der Waals surface area contributed by atoms with Crippen LogP contribution in [0.25, 0.3) is 0 Å². The number of amides is 1. The van der Waals surface area contributed by atoms with Gasteiger partial charge < -0.3 is 10.2 Å². The lowest BCUT2D eigenvalue weighted by atomic mass is 9.89. The predicted molar refractivity (Wildman–Crippen MR) is 119 cm³/mol. The van der Waals surface area contributed by atoms with Gasteiger partial charge in [-0.3, -0.25) is 4.79 Å². The first-order valence-corrected chi connectivity index (χ1v) is 11.9. The molecule has 0 bridgehead atoms. The Bertz CT molecular complexity index is 953. The number of quaternary nitrogens is 1. The fourth-order valence-electron chi connectivity index (χ4n) is 4.01. The molecule has 2 aromatic carbocycles. The van der Waals surface area contributed by atoms with E-state index in [1.54, 1.807) is 12.1 Å². The number of nitrogens with one attached hydrogen (secondary N) is 2. The van der Waals surface area contributed by atoms with E-state index < -0.39 is 10.0 Å². The first-order valence-electron chi connectivity index (χ1n) is 10.5. The Kier molecular flexibility index (Phi) is 7.28. The summed E-state index contributed by atoms with van der Waals surface area (Å²) < 4.78 is 25.8. The Hall–Kier alpha value is -2.22. The van der Waals surface area contributed by atoms with E-state index in [1.807, 2.05) is 13.0 Å². The molecule has 0 aromatic heterocycles. The molecule has 162 valence electrons. The van der Waals surface area contributed by atoms with E-state index in [2.05, 4.69) is 29.6 Å². The van der Waals surface area contributed by atoms with Gasteiger partial charge in [-0.1, -0.05) is 36.4 Å². The van der Waals surface area contributed by atoms with Crippen LogP contribution in [-0.2, 0) is 21.2 Å². The maximum absolute atomic E-state index is 12.8. The number of sulfonamides is 1. The highest BCUT2D eigenvalue weighted by Gasteiger charge is 2.30. The summed E-state index contributed by atoms with van der Waals surface area (Å²) in [5.74, 6) is 0.588. The highest BCUT2D eigenvalue weighted by molar-refractivity contribution is 7.89. The van der Waals surface area contributed by atoms with Crippen molar-refractivity contribution in [3.63, 3.8) is 0 Å². The third-order valence-corrected chi connectivity index (χ3v) is 7.81. The number of carbonyl (C=O) groups excluding carboxylic acids is 1. The molecular weight excluding hydrogens is 398 g/mol. The summed E-state index contributed by atoms with van der Waals surface area (Å²) >= 11 is 0. The predicted octanol–water partition coefficient (Wildman–Crippen LogP) is 1.80. The van der Waals surface area contributed by atoms with E-state index in [9.17, 15) is 13.2 Å². The van der Waals surface area contributed by atoms with Gasteiger partial charge >= 0.3 is 0 Å². The second-order valence-corrected chi connectivity index (χ2v) is 10.5. The highest BCUT2D eigenvalue weighted by atomic mass is 32.2. The van der Waals surface area contributed by atoms with Gasteiger partial charge in [-0.05, 0) is 55.9 Å². The lowest BCUT2D eigenvalue weighted by Gasteiger charge is -2.32. The van der Waals surface area contributed by atoms with Crippen molar-refractivity contribution < 1.29 is 18.1 Å². The number of piperidine rings is 1. The van der Waals surface area contributed by atoms with Gasteiger partial charge in [0.05, 0.1) is 18.0 Å². The Balaban J connectivity index is 1.55. The summed E-state index contributed by atoms with van der Waals surface area (Å²) in [4.78, 5) is 14.2. The zero-order chi connectivity index (χ0) is 21.7. The van der Waals surface area contributed by atoms with Crippen molar-refractivity contribution in [2.45, 2.75) is 37.1 Å². The molecule has 3 rings (SSSR count). The summed E-state index contributed by atoms with van der Waals surface area (Å²) in [5, 5.41) is 2.90. The van der Waals surface area contributed by atoms with E-state index in [-0.39, 0.29) is 16.8 Å². The molecule has 0 unspecified atom stereocenters. The molecule has 1 saturated heterocycles. The molecule has 1 aliphatic rings. The van der Waals surface area contributed by atoms with Gasteiger partial charge in [-0.15, -0.1) is 0 Å². The number of benzene rings is 2. The van der Waals surface area contributed by atoms with Gasteiger partial charge in [0.15, 0.2) is 6.04 Å². The van der Waals surface area contributed by atoms with Gasteiger partial charge in [-0.2, -0.15) is 0 Å².